The smallest absolute Gasteiger partial charge is 0.264 e. The van der Waals surface area contributed by atoms with Crippen molar-refractivity contribution in [1.29, 1.82) is 0 Å². The summed E-state index contributed by atoms with van der Waals surface area (Å²) in [6.07, 6.45) is 0. The molecule has 1 amide bonds. The molecule has 0 saturated carbocycles. The summed E-state index contributed by atoms with van der Waals surface area (Å²) in [4.78, 5) is 12.8. The van der Waals surface area contributed by atoms with E-state index in [0.29, 0.717) is 22.7 Å². The molecule has 0 heterocycles. The molecule has 0 radical (unpaired) electrons. The largest absolute Gasteiger partial charge is 0.497 e. The number of benzene rings is 3. The molecular weight excluding hydrogens is 416 g/mol. The highest BCUT2D eigenvalue weighted by atomic mass is 32.2. The Morgan fingerprint density at radius 2 is 1.68 bits per heavy atom. The predicted molar refractivity (Wildman–Crippen MR) is 121 cm³/mol. The first-order valence-corrected chi connectivity index (χ1v) is 11.1. The summed E-state index contributed by atoms with van der Waals surface area (Å²) in [5.74, 6) is 0.470. The molecular formula is C23H24N2O5S. The van der Waals surface area contributed by atoms with Gasteiger partial charge in [-0.3, -0.25) is 9.10 Å². The molecule has 3 aromatic rings. The van der Waals surface area contributed by atoms with Gasteiger partial charge in [0.15, 0.2) is 0 Å². The number of rotatable bonds is 8. The van der Waals surface area contributed by atoms with E-state index >= 15 is 0 Å². The zero-order valence-corrected chi connectivity index (χ0v) is 18.3. The number of anilines is 2. The zero-order chi connectivity index (χ0) is 22.4. The highest BCUT2D eigenvalue weighted by Gasteiger charge is 2.25. The third kappa shape index (κ3) is 4.80. The van der Waals surface area contributed by atoms with Crippen molar-refractivity contribution >= 4 is 27.3 Å². The van der Waals surface area contributed by atoms with E-state index in [9.17, 15) is 13.2 Å². The summed E-state index contributed by atoms with van der Waals surface area (Å²) in [5.41, 5.74) is 1.18. The van der Waals surface area contributed by atoms with Gasteiger partial charge in [-0.25, -0.2) is 8.42 Å². The number of carbonyl (C=O) groups is 1. The number of nitrogens with one attached hydrogen (secondary N) is 1. The Morgan fingerprint density at radius 1 is 0.935 bits per heavy atom. The maximum Gasteiger partial charge on any atom is 0.264 e. The molecule has 0 fully saturated rings. The van der Waals surface area contributed by atoms with Gasteiger partial charge in [0, 0.05) is 12.1 Å². The Morgan fingerprint density at radius 3 is 2.32 bits per heavy atom. The molecule has 0 atom stereocenters. The number of methoxy groups -OCH3 is 2. The third-order valence-electron chi connectivity index (χ3n) is 4.67. The predicted octanol–water partition coefficient (Wildman–Crippen LogP) is 4.17. The molecule has 0 bridgehead atoms. The Bertz CT molecular complexity index is 1160. The zero-order valence-electron chi connectivity index (χ0n) is 17.5. The van der Waals surface area contributed by atoms with Crippen molar-refractivity contribution in [2.45, 2.75) is 11.8 Å². The van der Waals surface area contributed by atoms with Crippen LogP contribution in [0.25, 0.3) is 0 Å². The van der Waals surface area contributed by atoms with E-state index in [1.54, 1.807) is 55.5 Å². The summed E-state index contributed by atoms with van der Waals surface area (Å²) >= 11 is 0. The topological polar surface area (TPSA) is 84.9 Å². The molecule has 0 saturated heterocycles. The van der Waals surface area contributed by atoms with E-state index in [1.165, 1.54) is 36.7 Å². The van der Waals surface area contributed by atoms with Crippen molar-refractivity contribution < 1.29 is 22.7 Å². The minimum absolute atomic E-state index is 0.0416. The van der Waals surface area contributed by atoms with Gasteiger partial charge in [0.2, 0.25) is 0 Å². The molecule has 162 valence electrons. The van der Waals surface area contributed by atoms with Crippen LogP contribution in [0, 0.1) is 0 Å². The van der Waals surface area contributed by atoms with Gasteiger partial charge in [-0.15, -0.1) is 0 Å². The van der Waals surface area contributed by atoms with Gasteiger partial charge >= 0.3 is 0 Å². The van der Waals surface area contributed by atoms with E-state index < -0.39 is 15.9 Å². The van der Waals surface area contributed by atoms with Crippen LogP contribution in [0.15, 0.2) is 77.7 Å². The fourth-order valence-electron chi connectivity index (χ4n) is 3.12. The number of nitrogens with zero attached hydrogens (tertiary/aromatic N) is 1. The van der Waals surface area contributed by atoms with E-state index in [4.69, 9.17) is 9.47 Å². The van der Waals surface area contributed by atoms with E-state index in [1.807, 2.05) is 6.07 Å². The summed E-state index contributed by atoms with van der Waals surface area (Å²) in [5, 5.41) is 2.74. The molecule has 7 nitrogen and oxygen atoms in total. The maximum absolute atomic E-state index is 13.3. The molecule has 0 aromatic heterocycles. The van der Waals surface area contributed by atoms with Crippen molar-refractivity contribution in [2.24, 2.45) is 0 Å². The molecule has 3 rings (SSSR count). The molecule has 0 aliphatic rings. The highest BCUT2D eigenvalue weighted by Crippen LogP contribution is 2.31. The van der Waals surface area contributed by atoms with Crippen LogP contribution in [0.4, 0.5) is 11.4 Å². The average molecular weight is 441 g/mol. The first-order chi connectivity index (χ1) is 14.9. The van der Waals surface area contributed by atoms with Crippen LogP contribution in [0.3, 0.4) is 0 Å². The molecule has 8 heteroatoms. The fourth-order valence-corrected chi connectivity index (χ4v) is 4.62. The van der Waals surface area contributed by atoms with Gasteiger partial charge in [0.05, 0.1) is 30.5 Å². The number of hydrogen-bond acceptors (Lipinski definition) is 5. The summed E-state index contributed by atoms with van der Waals surface area (Å²) in [6.45, 7) is 2.02. The monoisotopic (exact) mass is 440 g/mol. The lowest BCUT2D eigenvalue weighted by Crippen LogP contribution is -2.30. The van der Waals surface area contributed by atoms with Gasteiger partial charge in [-0.2, -0.15) is 0 Å². The number of para-hydroxylation sites is 1. The first-order valence-electron chi connectivity index (χ1n) is 9.62. The molecule has 0 aliphatic carbocycles. The number of carbonyl (C=O) groups excluding carboxylic acids is 1. The first kappa shape index (κ1) is 22.2. The second-order valence-corrected chi connectivity index (χ2v) is 8.42. The second-order valence-electron chi connectivity index (χ2n) is 6.55. The SMILES string of the molecule is CCN(c1ccccc1)S(=O)(=O)c1ccc(OC)c(NC(=O)c2cccc(OC)c2)c1. The summed E-state index contributed by atoms with van der Waals surface area (Å²) in [6, 6.07) is 19.9. The quantitative estimate of drug-likeness (QED) is 0.568. The van der Waals surface area contributed by atoms with Crippen molar-refractivity contribution in [1.82, 2.24) is 0 Å². The molecule has 3 aromatic carbocycles. The fraction of sp³-hybridized carbons (Fsp3) is 0.174. The van der Waals surface area contributed by atoms with Crippen LogP contribution in [0.5, 0.6) is 11.5 Å². The number of ether oxygens (including phenoxy) is 2. The lowest BCUT2D eigenvalue weighted by atomic mass is 10.2. The van der Waals surface area contributed by atoms with Crippen LogP contribution in [0.1, 0.15) is 17.3 Å². The van der Waals surface area contributed by atoms with E-state index in [-0.39, 0.29) is 17.1 Å². The minimum Gasteiger partial charge on any atom is -0.497 e. The second kappa shape index (κ2) is 9.53. The third-order valence-corrected chi connectivity index (χ3v) is 6.57. The number of sulfonamides is 1. The van der Waals surface area contributed by atoms with Crippen LogP contribution in [0.2, 0.25) is 0 Å². The standard InChI is InChI=1S/C23H24N2O5S/c1-4-25(18-10-6-5-7-11-18)31(27,28)20-13-14-22(30-3)21(16-20)24-23(26)17-9-8-12-19(15-17)29-2/h5-16H,4H2,1-3H3,(H,24,26). The van der Waals surface area contributed by atoms with Crippen LogP contribution >= 0.6 is 0 Å². The lowest BCUT2D eigenvalue weighted by Gasteiger charge is -2.23. The number of amides is 1. The Labute approximate surface area is 182 Å². The lowest BCUT2D eigenvalue weighted by molar-refractivity contribution is 0.102. The molecule has 1 N–H and O–H groups in total. The van der Waals surface area contributed by atoms with Crippen LogP contribution in [-0.2, 0) is 10.0 Å². The van der Waals surface area contributed by atoms with Crippen molar-refractivity contribution in [2.75, 3.05) is 30.4 Å². The van der Waals surface area contributed by atoms with Gasteiger partial charge in [-0.1, -0.05) is 24.3 Å². The van der Waals surface area contributed by atoms with Crippen molar-refractivity contribution in [3.8, 4) is 11.5 Å². The van der Waals surface area contributed by atoms with Crippen LogP contribution in [-0.4, -0.2) is 35.1 Å². The normalized spacial score (nSPS) is 10.9. The van der Waals surface area contributed by atoms with Gasteiger partial charge in [0.25, 0.3) is 15.9 Å². The average Bonchev–Trinajstić information content (AvgIpc) is 2.80. The molecule has 0 unspecified atom stereocenters. The van der Waals surface area contributed by atoms with Crippen molar-refractivity contribution in [3.63, 3.8) is 0 Å². The molecule has 0 aliphatic heterocycles. The molecule has 31 heavy (non-hydrogen) atoms. The highest BCUT2D eigenvalue weighted by molar-refractivity contribution is 7.92. The van der Waals surface area contributed by atoms with Gasteiger partial charge in [-0.05, 0) is 55.5 Å². The van der Waals surface area contributed by atoms with Gasteiger partial charge < -0.3 is 14.8 Å². The summed E-state index contributed by atoms with van der Waals surface area (Å²) < 4.78 is 38.4. The Hall–Kier alpha value is -3.52. The number of hydrogen-bond donors (Lipinski definition) is 1. The maximum atomic E-state index is 13.3. The summed E-state index contributed by atoms with van der Waals surface area (Å²) in [7, 11) is -0.890. The van der Waals surface area contributed by atoms with E-state index in [2.05, 4.69) is 5.32 Å². The van der Waals surface area contributed by atoms with Gasteiger partial charge in [0.1, 0.15) is 11.5 Å². The molecule has 0 spiro atoms. The minimum atomic E-state index is -3.86. The van der Waals surface area contributed by atoms with Crippen LogP contribution < -0.4 is 19.1 Å². The Balaban J connectivity index is 1.97. The Kier molecular flexibility index (Phi) is 6.81. The van der Waals surface area contributed by atoms with E-state index in [0.717, 1.165) is 0 Å². The van der Waals surface area contributed by atoms with Crippen molar-refractivity contribution in [3.05, 3.63) is 78.4 Å².